The maximum atomic E-state index is 6.92. The Morgan fingerprint density at radius 2 is 1.59 bits per heavy atom. The third-order valence-corrected chi connectivity index (χ3v) is 9.43. The minimum absolute atomic E-state index is 0.465. The van der Waals surface area contributed by atoms with Crippen LogP contribution in [0.25, 0.3) is 43.6 Å². The second-order valence-corrected chi connectivity index (χ2v) is 12.4. The number of ether oxygens (including phenoxy) is 1. The van der Waals surface area contributed by atoms with Crippen LogP contribution in [0, 0.1) is 26.2 Å². The fraction of sp³-hybridized carbons (Fsp3) is 0.343. The Hall–Kier alpha value is -3.39. The molecule has 0 amide bonds. The van der Waals surface area contributed by atoms with Crippen molar-refractivity contribution in [1.29, 1.82) is 0 Å². The van der Waals surface area contributed by atoms with Gasteiger partial charge in [0, 0.05) is 17.0 Å². The van der Waals surface area contributed by atoms with Crippen LogP contribution < -0.4 is 9.30 Å². The summed E-state index contributed by atoms with van der Waals surface area (Å²) in [5, 5.41) is 7.85. The van der Waals surface area contributed by atoms with E-state index in [1.807, 2.05) is 0 Å². The third kappa shape index (κ3) is 3.27. The van der Waals surface area contributed by atoms with Crippen LogP contribution in [0.1, 0.15) is 67.7 Å². The summed E-state index contributed by atoms with van der Waals surface area (Å²) in [6.45, 7) is 11.5. The van der Waals surface area contributed by atoms with E-state index in [-0.39, 0.29) is 0 Å². The molecule has 0 spiro atoms. The quantitative estimate of drug-likeness (QED) is 0.167. The molecule has 0 N–H and O–H groups in total. The Labute approximate surface area is 219 Å². The topological polar surface area (TPSA) is 13.1 Å². The zero-order valence-electron chi connectivity index (χ0n) is 23.0. The van der Waals surface area contributed by atoms with Gasteiger partial charge in [0.2, 0.25) is 5.69 Å². The summed E-state index contributed by atoms with van der Waals surface area (Å²) in [5.74, 6) is 2.63. The summed E-state index contributed by atoms with van der Waals surface area (Å²) in [6, 6.07) is 18.4. The second kappa shape index (κ2) is 7.81. The van der Waals surface area contributed by atoms with E-state index in [0.717, 1.165) is 11.5 Å². The molecule has 1 aliphatic carbocycles. The Morgan fingerprint density at radius 3 is 2.38 bits per heavy atom. The minimum Gasteiger partial charge on any atom is -0.455 e. The summed E-state index contributed by atoms with van der Waals surface area (Å²) in [5.41, 5.74) is 8.28. The van der Waals surface area contributed by atoms with Gasteiger partial charge in [0.15, 0.2) is 6.20 Å². The predicted octanol–water partition coefficient (Wildman–Crippen LogP) is 9.35. The number of nitrogens with zero attached hydrogens (tertiary/aromatic N) is 1. The highest BCUT2D eigenvalue weighted by atomic mass is 16.5. The number of hydrogen-bond donors (Lipinski definition) is 0. The molecule has 37 heavy (non-hydrogen) atoms. The summed E-state index contributed by atoms with van der Waals surface area (Å²) < 4.78 is 9.22. The van der Waals surface area contributed by atoms with Gasteiger partial charge in [-0.2, -0.15) is 0 Å². The number of pyridine rings is 1. The van der Waals surface area contributed by atoms with Crippen LogP contribution in [0.15, 0.2) is 54.7 Å². The van der Waals surface area contributed by atoms with Crippen LogP contribution >= 0.6 is 0 Å². The average molecular weight is 487 g/mol. The largest absolute Gasteiger partial charge is 0.455 e. The second-order valence-electron chi connectivity index (χ2n) is 12.4. The van der Waals surface area contributed by atoms with E-state index in [1.165, 1.54) is 91.5 Å². The summed E-state index contributed by atoms with van der Waals surface area (Å²) in [6.07, 6.45) is 7.36. The molecule has 2 heterocycles. The molecule has 1 fully saturated rings. The minimum atomic E-state index is 0.465. The molecular formula is C35H36NO+. The van der Waals surface area contributed by atoms with Gasteiger partial charge in [-0.3, -0.25) is 0 Å². The Bertz CT molecular complexity index is 1760. The monoisotopic (exact) mass is 486 g/mol. The number of aryl methyl sites for hydroxylation is 4. The molecular weight excluding hydrogens is 450 g/mol. The molecule has 0 radical (unpaired) electrons. The van der Waals surface area contributed by atoms with E-state index >= 15 is 0 Å². The van der Waals surface area contributed by atoms with Gasteiger partial charge in [0.25, 0.3) is 0 Å². The Kier molecular flexibility index (Phi) is 4.81. The number of rotatable bonds is 1. The molecule has 0 bridgehead atoms. The predicted molar refractivity (Wildman–Crippen MR) is 155 cm³/mol. The Morgan fingerprint density at radius 1 is 0.811 bits per heavy atom. The smallest absolute Gasteiger partial charge is 0.228 e. The lowest BCUT2D eigenvalue weighted by Gasteiger charge is -2.35. The zero-order valence-corrected chi connectivity index (χ0v) is 23.0. The zero-order chi connectivity index (χ0) is 25.6. The molecule has 4 aromatic carbocycles. The van der Waals surface area contributed by atoms with Gasteiger partial charge < -0.3 is 4.74 Å². The van der Waals surface area contributed by atoms with Crippen molar-refractivity contribution in [3.05, 3.63) is 77.0 Å². The van der Waals surface area contributed by atoms with E-state index in [0.29, 0.717) is 11.3 Å². The lowest BCUT2D eigenvalue weighted by atomic mass is 9.70. The number of aromatic nitrogens is 1. The fourth-order valence-electron chi connectivity index (χ4n) is 7.19. The van der Waals surface area contributed by atoms with Crippen LogP contribution in [0.5, 0.6) is 11.5 Å². The van der Waals surface area contributed by atoms with Crippen LogP contribution in [-0.4, -0.2) is 0 Å². The van der Waals surface area contributed by atoms with Gasteiger partial charge in [-0.25, -0.2) is 4.57 Å². The molecule has 2 heteroatoms. The van der Waals surface area contributed by atoms with Crippen molar-refractivity contribution in [2.75, 3.05) is 0 Å². The van der Waals surface area contributed by atoms with E-state index in [4.69, 9.17) is 4.74 Å². The van der Waals surface area contributed by atoms with Crippen molar-refractivity contribution in [2.45, 2.75) is 66.2 Å². The van der Waals surface area contributed by atoms with Crippen molar-refractivity contribution in [3.8, 4) is 22.8 Å². The summed E-state index contributed by atoms with van der Waals surface area (Å²) >= 11 is 0. The van der Waals surface area contributed by atoms with Crippen molar-refractivity contribution in [1.82, 2.24) is 0 Å². The first-order valence-corrected chi connectivity index (χ1v) is 13.8. The van der Waals surface area contributed by atoms with Crippen LogP contribution in [0.4, 0.5) is 0 Å². The first-order valence-electron chi connectivity index (χ1n) is 13.8. The van der Waals surface area contributed by atoms with Gasteiger partial charge in [0.1, 0.15) is 18.5 Å². The van der Waals surface area contributed by atoms with E-state index in [1.54, 1.807) is 0 Å². The molecule has 7 rings (SSSR count). The van der Waals surface area contributed by atoms with Crippen LogP contribution in [0.2, 0.25) is 0 Å². The van der Waals surface area contributed by atoms with E-state index in [9.17, 15) is 0 Å². The molecule has 1 aromatic heterocycles. The average Bonchev–Trinajstić information content (AvgIpc) is 2.88. The number of benzene rings is 4. The van der Waals surface area contributed by atoms with Crippen molar-refractivity contribution >= 4 is 32.3 Å². The van der Waals surface area contributed by atoms with Gasteiger partial charge in [-0.1, -0.05) is 55.8 Å². The van der Waals surface area contributed by atoms with Crippen molar-refractivity contribution in [2.24, 2.45) is 12.5 Å². The van der Waals surface area contributed by atoms with Gasteiger partial charge in [-0.15, -0.1) is 0 Å². The maximum absolute atomic E-state index is 6.92. The van der Waals surface area contributed by atoms with Crippen LogP contribution in [-0.2, 0) is 7.05 Å². The highest BCUT2D eigenvalue weighted by Crippen LogP contribution is 2.53. The molecule has 5 aromatic rings. The third-order valence-electron chi connectivity index (χ3n) is 9.43. The van der Waals surface area contributed by atoms with E-state index in [2.05, 4.69) is 101 Å². The molecule has 2 aliphatic rings. The molecule has 2 nitrogen and oxygen atoms in total. The van der Waals surface area contributed by atoms with Gasteiger partial charge >= 0.3 is 0 Å². The molecule has 0 atom stereocenters. The number of hydrogen-bond acceptors (Lipinski definition) is 1. The molecule has 0 unspecified atom stereocenters. The Balaban J connectivity index is 1.54. The molecule has 1 saturated carbocycles. The first kappa shape index (κ1) is 22.8. The lowest BCUT2D eigenvalue weighted by Crippen LogP contribution is -2.32. The summed E-state index contributed by atoms with van der Waals surface area (Å²) in [4.78, 5) is 0. The summed E-state index contributed by atoms with van der Waals surface area (Å²) in [7, 11) is 2.17. The number of fused-ring (bicyclic) bond motifs is 5. The normalized spacial score (nSPS) is 16.8. The van der Waals surface area contributed by atoms with Crippen LogP contribution in [0.3, 0.4) is 0 Å². The van der Waals surface area contributed by atoms with Crippen molar-refractivity contribution in [3.63, 3.8) is 0 Å². The molecule has 0 saturated heterocycles. The van der Waals surface area contributed by atoms with E-state index < -0.39 is 0 Å². The van der Waals surface area contributed by atoms with Crippen molar-refractivity contribution < 1.29 is 9.30 Å². The fourth-order valence-corrected chi connectivity index (χ4v) is 7.19. The van der Waals surface area contributed by atoms with Gasteiger partial charge in [-0.05, 0) is 96.5 Å². The SMILES string of the molecule is Cc1ccc2c(C)c3c(c(C)c2c1)-c1c2c(cc4c(C5CCC(C)(C)CC5)cccc4c2cc[n+]1C)O3. The standard InChI is InChI=1S/C35H36NO/c1-20-10-11-24-22(3)34-31(21(2)28(24)18-20)33-32-27(14-17-36(33)6)26-9-7-8-25(29(26)19-30(32)37-34)23-12-15-35(4,5)16-13-23/h7-11,14,17-19,23H,12-13,15-16H2,1-6H3/q+1. The van der Waals surface area contributed by atoms with Gasteiger partial charge in [0.05, 0.1) is 10.9 Å². The first-order chi connectivity index (χ1) is 17.7. The lowest BCUT2D eigenvalue weighted by molar-refractivity contribution is -0.659. The molecule has 1 aliphatic heterocycles. The molecule has 186 valence electrons. The highest BCUT2D eigenvalue weighted by molar-refractivity contribution is 6.16. The highest BCUT2D eigenvalue weighted by Gasteiger charge is 2.34. The maximum Gasteiger partial charge on any atom is 0.228 e.